The number of carbonyl (C=O) groups is 1. The van der Waals surface area contributed by atoms with E-state index in [-0.39, 0.29) is 42.7 Å². The van der Waals surface area contributed by atoms with Gasteiger partial charge in [0.1, 0.15) is 4.90 Å². The lowest BCUT2D eigenvalue weighted by molar-refractivity contribution is -0.253. The number of ether oxygens (including phenoxy) is 2. The highest BCUT2D eigenvalue weighted by atomic mass is 32.2. The number of halogens is 3. The van der Waals surface area contributed by atoms with Crippen molar-refractivity contribution in [3.63, 3.8) is 0 Å². The number of fused-ring (bicyclic) bond motifs is 1. The molecule has 5 rings (SSSR count). The largest absolute Gasteiger partial charge is 0.419 e. The molecular weight excluding hydrogens is 531 g/mol. The number of sulfonamides is 1. The van der Waals surface area contributed by atoms with E-state index in [1.165, 1.54) is 22.9 Å². The number of amides is 1. The molecule has 0 radical (unpaired) electrons. The minimum Gasteiger partial charge on any atom is -0.379 e. The Morgan fingerprint density at radius 1 is 1.24 bits per heavy atom. The average Bonchev–Trinajstić information content (AvgIpc) is 3.40. The molecule has 0 saturated carbocycles. The predicted molar refractivity (Wildman–Crippen MR) is 128 cm³/mol. The van der Waals surface area contributed by atoms with Crippen LogP contribution in [0.4, 0.5) is 18.9 Å². The first-order chi connectivity index (χ1) is 17.6. The first kappa shape index (κ1) is 27.1. The van der Waals surface area contributed by atoms with Crippen LogP contribution in [-0.2, 0) is 19.5 Å². The van der Waals surface area contributed by atoms with Crippen molar-refractivity contribution >= 4 is 27.1 Å². The third-order valence-electron chi connectivity index (χ3n) is 7.14. The number of nitrogens with zero attached hydrogens (tertiary/aromatic N) is 4. The zero-order valence-electron chi connectivity index (χ0n) is 21.2. The molecule has 0 aromatic carbocycles. The molecule has 5 heterocycles. The Hall–Kier alpha value is -2.46. The van der Waals surface area contributed by atoms with Gasteiger partial charge in [0, 0.05) is 32.3 Å². The van der Waals surface area contributed by atoms with Crippen LogP contribution in [0.15, 0.2) is 23.4 Å². The Labute approximate surface area is 217 Å². The van der Waals surface area contributed by atoms with Crippen molar-refractivity contribution in [2.24, 2.45) is 0 Å². The highest BCUT2D eigenvalue weighted by Crippen LogP contribution is 2.38. The van der Waals surface area contributed by atoms with E-state index in [1.54, 1.807) is 6.92 Å². The molecule has 0 spiro atoms. The van der Waals surface area contributed by atoms with Gasteiger partial charge in [0.15, 0.2) is 5.60 Å². The highest BCUT2D eigenvalue weighted by molar-refractivity contribution is 7.89. The third-order valence-corrected chi connectivity index (χ3v) is 8.75. The second-order valence-electron chi connectivity index (χ2n) is 10.7. The molecule has 0 unspecified atom stereocenters. The number of imidazole rings is 1. The summed E-state index contributed by atoms with van der Waals surface area (Å²) >= 11 is 0. The monoisotopic (exact) mass is 561 g/mol. The van der Waals surface area contributed by atoms with E-state index in [2.05, 4.69) is 9.71 Å². The second kappa shape index (κ2) is 9.05. The molecule has 210 valence electrons. The lowest BCUT2D eigenvalue weighted by atomic mass is 10.0. The molecule has 3 aliphatic rings. The van der Waals surface area contributed by atoms with Crippen LogP contribution in [-0.4, -0.2) is 103 Å². The summed E-state index contributed by atoms with van der Waals surface area (Å²) in [6.07, 6.45) is -3.24. The fourth-order valence-electron chi connectivity index (χ4n) is 5.18. The Kier molecular flexibility index (Phi) is 6.46. The molecule has 2 aromatic rings. The molecule has 3 atom stereocenters. The minimum absolute atomic E-state index is 0.139. The molecule has 3 saturated heterocycles. The van der Waals surface area contributed by atoms with Gasteiger partial charge in [0.25, 0.3) is 5.91 Å². The van der Waals surface area contributed by atoms with Crippen molar-refractivity contribution in [3.05, 3.63) is 24.3 Å². The van der Waals surface area contributed by atoms with Gasteiger partial charge in [-0.15, -0.1) is 0 Å². The molecular formula is C23H30F3N5O6S. The van der Waals surface area contributed by atoms with Crippen molar-refractivity contribution < 1.29 is 41.0 Å². The summed E-state index contributed by atoms with van der Waals surface area (Å²) in [5.41, 5.74) is -2.90. The van der Waals surface area contributed by atoms with Crippen molar-refractivity contribution in [1.29, 1.82) is 0 Å². The topological polar surface area (TPSA) is 126 Å². The third kappa shape index (κ3) is 4.74. The van der Waals surface area contributed by atoms with Gasteiger partial charge >= 0.3 is 6.18 Å². The number of carbonyl (C=O) groups excluding carboxylic acids is 1. The number of rotatable bonds is 5. The molecule has 11 nitrogen and oxygen atoms in total. The van der Waals surface area contributed by atoms with Crippen LogP contribution in [0.2, 0.25) is 0 Å². The summed E-state index contributed by atoms with van der Waals surface area (Å²) in [5, 5.41) is 10.0. The predicted octanol–water partition coefficient (Wildman–Crippen LogP) is 1.15. The van der Waals surface area contributed by atoms with Gasteiger partial charge in [0.05, 0.1) is 54.9 Å². The van der Waals surface area contributed by atoms with E-state index in [0.29, 0.717) is 24.3 Å². The fourth-order valence-corrected chi connectivity index (χ4v) is 6.57. The van der Waals surface area contributed by atoms with Gasteiger partial charge < -0.3 is 24.4 Å². The maximum atomic E-state index is 13.4. The van der Waals surface area contributed by atoms with E-state index < -0.39 is 46.2 Å². The summed E-state index contributed by atoms with van der Waals surface area (Å²) in [6.45, 7) is 5.52. The van der Waals surface area contributed by atoms with Crippen LogP contribution < -0.4 is 9.62 Å². The molecule has 3 fully saturated rings. The summed E-state index contributed by atoms with van der Waals surface area (Å²) in [6, 6.07) is 1.50. The van der Waals surface area contributed by atoms with Crippen molar-refractivity contribution in [1.82, 2.24) is 19.0 Å². The Morgan fingerprint density at radius 2 is 1.89 bits per heavy atom. The first-order valence-electron chi connectivity index (χ1n) is 12.2. The Bertz CT molecular complexity index is 1350. The standard InChI is InChI=1S/C23H30F3N5O6S/c1-14-8-30(9-15(2)37-14)17-6-16(38(34,35)28-21(3)12-36-13-21)10-31-18(17)7-27-19(31)20(32)29-5-4-22(33,11-29)23(24,25)26/h6-7,10,14-15,28,33H,4-5,8-9,11-13H2,1-3H3/t14-,15-,22-/m0/s1. The van der Waals surface area contributed by atoms with Crippen molar-refractivity contribution in [2.45, 2.75) is 61.6 Å². The van der Waals surface area contributed by atoms with Crippen LogP contribution in [0, 0.1) is 0 Å². The number of morpholine rings is 1. The summed E-state index contributed by atoms with van der Waals surface area (Å²) in [5.74, 6) is -1.10. The molecule has 0 aliphatic carbocycles. The van der Waals surface area contributed by atoms with Crippen LogP contribution >= 0.6 is 0 Å². The van der Waals surface area contributed by atoms with E-state index in [0.717, 1.165) is 4.90 Å². The van der Waals surface area contributed by atoms with Crippen LogP contribution in [0.1, 0.15) is 37.8 Å². The minimum atomic E-state index is -4.90. The summed E-state index contributed by atoms with van der Waals surface area (Å²) < 4.78 is 81.7. The number of hydrogen-bond donors (Lipinski definition) is 2. The lowest BCUT2D eigenvalue weighted by Crippen LogP contribution is -2.59. The van der Waals surface area contributed by atoms with E-state index in [4.69, 9.17) is 9.47 Å². The maximum Gasteiger partial charge on any atom is 0.419 e. The van der Waals surface area contributed by atoms with E-state index in [1.807, 2.05) is 18.7 Å². The highest BCUT2D eigenvalue weighted by Gasteiger charge is 2.58. The Morgan fingerprint density at radius 3 is 2.45 bits per heavy atom. The molecule has 1 amide bonds. The molecule has 2 aromatic heterocycles. The average molecular weight is 562 g/mol. The number of hydrogen-bond acceptors (Lipinski definition) is 8. The van der Waals surface area contributed by atoms with Crippen LogP contribution in [0.3, 0.4) is 0 Å². The van der Waals surface area contributed by atoms with Crippen LogP contribution in [0.25, 0.3) is 5.52 Å². The van der Waals surface area contributed by atoms with Gasteiger partial charge in [-0.3, -0.25) is 9.20 Å². The Balaban J connectivity index is 1.58. The van der Waals surface area contributed by atoms with Crippen LogP contribution in [0.5, 0.6) is 0 Å². The quantitative estimate of drug-likeness (QED) is 0.557. The number of likely N-dealkylation sites (tertiary alicyclic amines) is 1. The number of nitrogens with one attached hydrogen (secondary N) is 1. The zero-order valence-corrected chi connectivity index (χ0v) is 22.0. The van der Waals surface area contributed by atoms with Gasteiger partial charge in [-0.1, -0.05) is 0 Å². The normalized spacial score (nSPS) is 28.1. The van der Waals surface area contributed by atoms with Gasteiger partial charge in [-0.05, 0) is 26.8 Å². The van der Waals surface area contributed by atoms with Gasteiger partial charge in [-0.2, -0.15) is 13.2 Å². The van der Waals surface area contributed by atoms with Crippen molar-refractivity contribution in [2.75, 3.05) is 44.3 Å². The lowest BCUT2D eigenvalue weighted by Gasteiger charge is -2.38. The molecule has 38 heavy (non-hydrogen) atoms. The molecule has 0 bridgehead atoms. The fraction of sp³-hybridized carbons (Fsp3) is 0.652. The molecule has 3 aliphatic heterocycles. The number of aromatic nitrogens is 2. The van der Waals surface area contributed by atoms with E-state index >= 15 is 0 Å². The molecule has 15 heteroatoms. The van der Waals surface area contributed by atoms with Gasteiger partial charge in [-0.25, -0.2) is 18.1 Å². The number of alkyl halides is 3. The first-order valence-corrected chi connectivity index (χ1v) is 13.7. The van der Waals surface area contributed by atoms with Gasteiger partial charge in [0.2, 0.25) is 15.8 Å². The van der Waals surface area contributed by atoms with Crippen molar-refractivity contribution in [3.8, 4) is 0 Å². The smallest absolute Gasteiger partial charge is 0.379 e. The summed E-state index contributed by atoms with van der Waals surface area (Å²) in [4.78, 5) is 20.2. The molecule has 2 N–H and O–H groups in total. The maximum absolute atomic E-state index is 13.4. The number of β-amino-alcohol motifs (C(OH)–C–C–N with tert-alkyl or cyclic N) is 1. The number of pyridine rings is 1. The summed E-state index contributed by atoms with van der Waals surface area (Å²) in [7, 11) is -4.09. The zero-order chi connectivity index (χ0) is 27.7. The van der Waals surface area contributed by atoms with E-state index in [9.17, 15) is 31.5 Å². The number of aliphatic hydroxyl groups is 1. The second-order valence-corrected chi connectivity index (χ2v) is 12.4. The SMILES string of the molecule is C[C@H]1CN(c2cc(S(=O)(=O)NC3(C)COC3)cn3c(C(=O)N4CC[C@@](O)(C(F)(F)F)C4)ncc23)C[C@H](C)O1. The number of anilines is 1.